The maximum atomic E-state index is 10.6. The van der Waals surface area contributed by atoms with Gasteiger partial charge in [-0.1, -0.05) is 67.6 Å². The molecule has 3 rings (SSSR count). The average molecular weight is 278 g/mol. The molecule has 0 fully saturated rings. The number of aryl methyl sites for hydroxylation is 1. The van der Waals surface area contributed by atoms with E-state index in [1.165, 1.54) is 0 Å². The van der Waals surface area contributed by atoms with Gasteiger partial charge in [-0.25, -0.2) is 4.68 Å². The SMILES string of the molecule is CCCn1nc(-c2ccccc2)c(-c2ccccc2)c1O. The first-order valence-electron chi connectivity index (χ1n) is 7.22. The van der Waals surface area contributed by atoms with E-state index in [9.17, 15) is 5.11 Å². The second kappa shape index (κ2) is 5.83. The minimum Gasteiger partial charge on any atom is -0.493 e. The summed E-state index contributed by atoms with van der Waals surface area (Å²) in [6.45, 7) is 2.78. The molecule has 1 heterocycles. The molecular formula is C18H18N2O. The Bertz CT molecular complexity index is 718. The first kappa shape index (κ1) is 13.4. The van der Waals surface area contributed by atoms with Gasteiger partial charge in [0, 0.05) is 12.1 Å². The first-order valence-corrected chi connectivity index (χ1v) is 7.22. The molecule has 3 nitrogen and oxygen atoms in total. The van der Waals surface area contributed by atoms with Crippen molar-refractivity contribution in [3.63, 3.8) is 0 Å². The smallest absolute Gasteiger partial charge is 0.218 e. The number of benzene rings is 2. The molecule has 106 valence electrons. The number of hydrogen-bond donors (Lipinski definition) is 1. The quantitative estimate of drug-likeness (QED) is 0.771. The molecule has 0 aliphatic heterocycles. The third-order valence-electron chi connectivity index (χ3n) is 3.47. The second-order valence-electron chi connectivity index (χ2n) is 5.00. The third kappa shape index (κ3) is 2.55. The molecule has 21 heavy (non-hydrogen) atoms. The van der Waals surface area contributed by atoms with Crippen LogP contribution < -0.4 is 0 Å². The van der Waals surface area contributed by atoms with Gasteiger partial charge in [-0.2, -0.15) is 5.10 Å². The van der Waals surface area contributed by atoms with Gasteiger partial charge in [-0.15, -0.1) is 0 Å². The molecule has 0 amide bonds. The highest BCUT2D eigenvalue weighted by molar-refractivity contribution is 5.84. The van der Waals surface area contributed by atoms with Crippen LogP contribution >= 0.6 is 0 Å². The Morgan fingerprint density at radius 1 is 0.905 bits per heavy atom. The van der Waals surface area contributed by atoms with Gasteiger partial charge in [0.15, 0.2) is 0 Å². The van der Waals surface area contributed by atoms with E-state index < -0.39 is 0 Å². The predicted molar refractivity (Wildman–Crippen MR) is 85.1 cm³/mol. The van der Waals surface area contributed by atoms with Gasteiger partial charge < -0.3 is 5.11 Å². The molecule has 1 N–H and O–H groups in total. The Morgan fingerprint density at radius 2 is 1.48 bits per heavy atom. The summed E-state index contributed by atoms with van der Waals surface area (Å²) >= 11 is 0. The van der Waals surface area contributed by atoms with E-state index in [0.717, 1.165) is 28.8 Å². The molecule has 0 saturated carbocycles. The van der Waals surface area contributed by atoms with Crippen molar-refractivity contribution in [3.05, 3.63) is 60.7 Å². The minimum atomic E-state index is 0.238. The molecule has 2 aromatic carbocycles. The van der Waals surface area contributed by atoms with Crippen LogP contribution in [0.1, 0.15) is 13.3 Å². The van der Waals surface area contributed by atoms with Gasteiger partial charge in [-0.05, 0) is 12.0 Å². The van der Waals surface area contributed by atoms with Gasteiger partial charge in [0.05, 0.1) is 5.56 Å². The first-order chi connectivity index (χ1) is 10.3. The maximum Gasteiger partial charge on any atom is 0.218 e. The fourth-order valence-electron chi connectivity index (χ4n) is 2.49. The maximum absolute atomic E-state index is 10.6. The van der Waals surface area contributed by atoms with Crippen LogP contribution in [0, 0.1) is 0 Å². The summed E-state index contributed by atoms with van der Waals surface area (Å²) in [6, 6.07) is 19.9. The molecule has 3 heteroatoms. The summed E-state index contributed by atoms with van der Waals surface area (Å²) < 4.78 is 1.69. The molecule has 1 aromatic heterocycles. The van der Waals surface area contributed by atoms with Crippen molar-refractivity contribution in [2.45, 2.75) is 19.9 Å². The van der Waals surface area contributed by atoms with Gasteiger partial charge in [0.2, 0.25) is 5.88 Å². The van der Waals surface area contributed by atoms with E-state index >= 15 is 0 Å². The van der Waals surface area contributed by atoms with E-state index in [-0.39, 0.29) is 5.88 Å². The number of nitrogens with zero attached hydrogens (tertiary/aromatic N) is 2. The van der Waals surface area contributed by atoms with E-state index in [0.29, 0.717) is 6.54 Å². The van der Waals surface area contributed by atoms with Crippen LogP contribution in [0.2, 0.25) is 0 Å². The van der Waals surface area contributed by atoms with Crippen molar-refractivity contribution in [1.82, 2.24) is 9.78 Å². The van der Waals surface area contributed by atoms with Crippen LogP contribution in [0.4, 0.5) is 0 Å². The Morgan fingerprint density at radius 3 is 2.05 bits per heavy atom. The number of hydrogen-bond acceptors (Lipinski definition) is 2. The zero-order chi connectivity index (χ0) is 14.7. The lowest BCUT2D eigenvalue weighted by Crippen LogP contribution is -1.98. The molecule has 0 spiro atoms. The molecule has 0 radical (unpaired) electrons. The lowest BCUT2D eigenvalue weighted by atomic mass is 10.0. The van der Waals surface area contributed by atoms with Crippen LogP contribution in [-0.2, 0) is 6.54 Å². The molecule has 0 atom stereocenters. The summed E-state index contributed by atoms with van der Waals surface area (Å²) in [5.74, 6) is 0.238. The Hall–Kier alpha value is -2.55. The zero-order valence-corrected chi connectivity index (χ0v) is 12.0. The van der Waals surface area contributed by atoms with E-state index in [1.807, 2.05) is 60.7 Å². The highest BCUT2D eigenvalue weighted by Gasteiger charge is 2.19. The topological polar surface area (TPSA) is 38.0 Å². The fraction of sp³-hybridized carbons (Fsp3) is 0.167. The molecule has 0 saturated heterocycles. The van der Waals surface area contributed by atoms with Gasteiger partial charge in [0.1, 0.15) is 5.69 Å². The van der Waals surface area contributed by atoms with E-state index in [4.69, 9.17) is 0 Å². The predicted octanol–water partition coefficient (Wildman–Crippen LogP) is 4.33. The highest BCUT2D eigenvalue weighted by atomic mass is 16.3. The monoisotopic (exact) mass is 278 g/mol. The van der Waals surface area contributed by atoms with E-state index in [1.54, 1.807) is 4.68 Å². The largest absolute Gasteiger partial charge is 0.493 e. The van der Waals surface area contributed by atoms with Gasteiger partial charge in [0.25, 0.3) is 0 Å². The molecule has 3 aromatic rings. The molecule has 0 aliphatic carbocycles. The lowest BCUT2D eigenvalue weighted by molar-refractivity contribution is 0.399. The van der Waals surface area contributed by atoms with Crippen LogP contribution in [0.15, 0.2) is 60.7 Å². The summed E-state index contributed by atoms with van der Waals surface area (Å²) in [6.07, 6.45) is 0.928. The van der Waals surface area contributed by atoms with Crippen molar-refractivity contribution in [1.29, 1.82) is 0 Å². The normalized spacial score (nSPS) is 10.7. The van der Waals surface area contributed by atoms with Crippen LogP contribution in [0.5, 0.6) is 5.88 Å². The zero-order valence-electron chi connectivity index (χ0n) is 12.0. The summed E-state index contributed by atoms with van der Waals surface area (Å²) in [5.41, 5.74) is 3.63. The molecule has 0 bridgehead atoms. The fourth-order valence-corrected chi connectivity index (χ4v) is 2.49. The Balaban J connectivity index is 2.21. The van der Waals surface area contributed by atoms with Crippen LogP contribution in [0.3, 0.4) is 0 Å². The minimum absolute atomic E-state index is 0.238. The summed E-state index contributed by atoms with van der Waals surface area (Å²) in [5, 5.41) is 15.2. The summed E-state index contributed by atoms with van der Waals surface area (Å²) in [7, 11) is 0. The number of aromatic nitrogens is 2. The Kier molecular flexibility index (Phi) is 3.73. The van der Waals surface area contributed by atoms with Gasteiger partial charge >= 0.3 is 0 Å². The molecule has 0 unspecified atom stereocenters. The van der Waals surface area contributed by atoms with Crippen LogP contribution in [0.25, 0.3) is 22.4 Å². The highest BCUT2D eigenvalue weighted by Crippen LogP contribution is 2.38. The number of rotatable bonds is 4. The Labute approximate surface area is 124 Å². The molecule has 0 aliphatic rings. The second-order valence-corrected chi connectivity index (χ2v) is 5.00. The van der Waals surface area contributed by atoms with Crippen LogP contribution in [-0.4, -0.2) is 14.9 Å². The van der Waals surface area contributed by atoms with Crippen molar-refractivity contribution < 1.29 is 5.11 Å². The summed E-state index contributed by atoms with van der Waals surface area (Å²) in [4.78, 5) is 0. The van der Waals surface area contributed by atoms with Gasteiger partial charge in [-0.3, -0.25) is 0 Å². The third-order valence-corrected chi connectivity index (χ3v) is 3.47. The van der Waals surface area contributed by atoms with Crippen molar-refractivity contribution >= 4 is 0 Å². The van der Waals surface area contributed by atoms with E-state index in [2.05, 4.69) is 12.0 Å². The van der Waals surface area contributed by atoms with Crippen molar-refractivity contribution in [2.75, 3.05) is 0 Å². The lowest BCUT2D eigenvalue weighted by Gasteiger charge is -2.03. The van der Waals surface area contributed by atoms with Crippen molar-refractivity contribution in [3.8, 4) is 28.3 Å². The molecular weight excluding hydrogens is 260 g/mol. The standard InChI is InChI=1S/C18H18N2O/c1-2-13-20-18(21)16(14-9-5-3-6-10-14)17(19-20)15-11-7-4-8-12-15/h3-12,21H,2,13H2,1H3. The van der Waals surface area contributed by atoms with Crippen molar-refractivity contribution in [2.24, 2.45) is 0 Å². The average Bonchev–Trinajstić information content (AvgIpc) is 2.86. The number of aromatic hydroxyl groups is 1.